The molecule has 0 radical (unpaired) electrons. The minimum Gasteiger partial charge on any atom is -0.382 e. The first-order chi connectivity index (χ1) is 13.5. The summed E-state index contributed by atoms with van der Waals surface area (Å²) in [5.74, 6) is 0.460. The van der Waals surface area contributed by atoms with Crippen LogP contribution in [0.15, 0.2) is 73.8 Å². The molecule has 0 N–H and O–H groups in total. The van der Waals surface area contributed by atoms with Crippen LogP contribution in [0.25, 0.3) is 0 Å². The van der Waals surface area contributed by atoms with Gasteiger partial charge in [-0.25, -0.2) is 0 Å². The van der Waals surface area contributed by atoms with Gasteiger partial charge in [-0.15, -0.1) is 21.6 Å². The zero-order valence-corrected chi connectivity index (χ0v) is 17.3. The highest BCUT2D eigenvalue weighted by Gasteiger charge is 2.19. The van der Waals surface area contributed by atoms with E-state index < -0.39 is 10.4 Å². The van der Waals surface area contributed by atoms with Crippen molar-refractivity contribution in [2.24, 2.45) is 0 Å². The van der Waals surface area contributed by atoms with Crippen molar-refractivity contribution >= 4 is 10.4 Å². The number of para-hydroxylation sites is 2. The predicted molar refractivity (Wildman–Crippen MR) is 113 cm³/mol. The van der Waals surface area contributed by atoms with Crippen LogP contribution in [0.5, 0.6) is 11.5 Å². The molecule has 28 heavy (non-hydrogen) atoms. The Labute approximate surface area is 168 Å². The average Bonchev–Trinajstić information content (AvgIpc) is 2.66. The Morgan fingerprint density at radius 2 is 1.18 bits per heavy atom. The first kappa shape index (κ1) is 23.5. The van der Waals surface area contributed by atoms with Crippen LogP contribution in [-0.2, 0) is 28.0 Å². The molecule has 5 nitrogen and oxygen atoms in total. The first-order valence-corrected chi connectivity index (χ1v) is 10.4. The van der Waals surface area contributed by atoms with Gasteiger partial charge in [-0.2, -0.15) is 0 Å². The lowest BCUT2D eigenvalue weighted by atomic mass is 10.1. The largest absolute Gasteiger partial charge is 0.501 e. The molecule has 0 saturated heterocycles. The molecule has 0 aliphatic rings. The Bertz CT molecular complexity index is 780. The number of rotatable bonds is 10. The lowest BCUT2D eigenvalue weighted by molar-refractivity contribution is 0.162. The van der Waals surface area contributed by atoms with Crippen molar-refractivity contribution in [3.05, 3.63) is 85.0 Å². The van der Waals surface area contributed by atoms with Crippen molar-refractivity contribution in [3.8, 4) is 11.5 Å². The Balaban J connectivity index is 0.000000696. The van der Waals surface area contributed by atoms with Crippen LogP contribution in [0.3, 0.4) is 0 Å². The SMILES string of the molecule is C=CCc1ccccc1OS(=O)(=O)Oc1ccccc1CC=C.CCOCC. The van der Waals surface area contributed by atoms with Crippen LogP contribution in [0, 0.1) is 0 Å². The van der Waals surface area contributed by atoms with Gasteiger partial charge in [0, 0.05) is 13.2 Å². The summed E-state index contributed by atoms with van der Waals surface area (Å²) in [6.07, 6.45) is 4.35. The van der Waals surface area contributed by atoms with Gasteiger partial charge in [0.15, 0.2) is 0 Å². The van der Waals surface area contributed by atoms with Gasteiger partial charge >= 0.3 is 10.4 Å². The minimum atomic E-state index is -4.24. The molecule has 2 aromatic rings. The summed E-state index contributed by atoms with van der Waals surface area (Å²) in [7, 11) is -4.24. The number of hydrogen-bond donors (Lipinski definition) is 0. The molecule has 0 aliphatic carbocycles. The highest BCUT2D eigenvalue weighted by molar-refractivity contribution is 7.82. The molecule has 2 aromatic carbocycles. The maximum atomic E-state index is 12.2. The summed E-state index contributed by atoms with van der Waals surface area (Å²) >= 11 is 0. The maximum absolute atomic E-state index is 12.2. The van der Waals surface area contributed by atoms with Crippen molar-refractivity contribution < 1.29 is 21.5 Å². The summed E-state index contributed by atoms with van der Waals surface area (Å²) in [5, 5.41) is 0. The van der Waals surface area contributed by atoms with Gasteiger partial charge in [-0.1, -0.05) is 48.6 Å². The monoisotopic (exact) mass is 404 g/mol. The third kappa shape index (κ3) is 8.41. The summed E-state index contributed by atoms with van der Waals surface area (Å²) in [4.78, 5) is 0. The number of allylic oxidation sites excluding steroid dienone is 2. The minimum absolute atomic E-state index is 0.230. The maximum Gasteiger partial charge on any atom is 0.501 e. The molecule has 0 aliphatic heterocycles. The van der Waals surface area contributed by atoms with Crippen LogP contribution in [0.2, 0.25) is 0 Å². The molecular weight excluding hydrogens is 376 g/mol. The van der Waals surface area contributed by atoms with Gasteiger partial charge in [0.2, 0.25) is 0 Å². The number of ether oxygens (including phenoxy) is 1. The van der Waals surface area contributed by atoms with Gasteiger partial charge in [-0.05, 0) is 49.9 Å². The normalized spacial score (nSPS) is 10.4. The lowest BCUT2D eigenvalue weighted by Gasteiger charge is -2.12. The number of hydrogen-bond acceptors (Lipinski definition) is 5. The molecule has 0 amide bonds. The third-order valence-corrected chi connectivity index (χ3v) is 4.23. The smallest absolute Gasteiger partial charge is 0.382 e. The standard InChI is InChI=1S/C18H18O4S.C4H10O/c1-3-9-15-11-5-7-13-17(15)21-23(19,20)22-18-14-8-6-12-16(18)10-4-2;1-3-5-4-2/h3-8,11-14H,1-2,9-10H2;3-4H2,1-2H3. The van der Waals surface area contributed by atoms with Crippen LogP contribution >= 0.6 is 0 Å². The van der Waals surface area contributed by atoms with Crippen LogP contribution in [-0.4, -0.2) is 21.6 Å². The Hall–Kier alpha value is -2.57. The third-order valence-electron chi connectivity index (χ3n) is 3.47. The van der Waals surface area contributed by atoms with E-state index in [0.717, 1.165) is 13.2 Å². The van der Waals surface area contributed by atoms with Gasteiger partial charge < -0.3 is 13.1 Å². The molecule has 0 unspecified atom stereocenters. The molecule has 0 atom stereocenters. The van der Waals surface area contributed by atoms with E-state index >= 15 is 0 Å². The van der Waals surface area contributed by atoms with Gasteiger partial charge in [0.05, 0.1) is 0 Å². The van der Waals surface area contributed by atoms with Crippen molar-refractivity contribution in [2.45, 2.75) is 26.7 Å². The van der Waals surface area contributed by atoms with Gasteiger partial charge in [0.25, 0.3) is 0 Å². The van der Waals surface area contributed by atoms with Crippen LogP contribution in [0.1, 0.15) is 25.0 Å². The fourth-order valence-electron chi connectivity index (χ4n) is 2.26. The fourth-order valence-corrected chi connectivity index (χ4v) is 3.06. The molecular formula is C22H28O5S. The molecule has 0 bridgehead atoms. The van der Waals surface area contributed by atoms with Gasteiger partial charge in [0.1, 0.15) is 11.5 Å². The summed E-state index contributed by atoms with van der Waals surface area (Å²) in [6, 6.07) is 13.7. The average molecular weight is 405 g/mol. The molecule has 152 valence electrons. The van der Waals surface area contributed by atoms with Crippen molar-refractivity contribution in [1.29, 1.82) is 0 Å². The second kappa shape index (κ2) is 12.8. The Kier molecular flexibility index (Phi) is 10.7. The van der Waals surface area contributed by atoms with Crippen LogP contribution < -0.4 is 8.37 Å². The molecule has 0 aromatic heterocycles. The van der Waals surface area contributed by atoms with Crippen molar-refractivity contribution in [3.63, 3.8) is 0 Å². The summed E-state index contributed by atoms with van der Waals surface area (Å²) < 4.78 is 39.4. The zero-order valence-electron chi connectivity index (χ0n) is 16.5. The molecule has 0 saturated carbocycles. The molecule has 2 rings (SSSR count). The van der Waals surface area contributed by atoms with Crippen LogP contribution in [0.4, 0.5) is 0 Å². The van der Waals surface area contributed by atoms with E-state index in [2.05, 4.69) is 13.2 Å². The number of benzene rings is 2. The van der Waals surface area contributed by atoms with Gasteiger partial charge in [-0.3, -0.25) is 0 Å². The molecule has 0 fully saturated rings. The van der Waals surface area contributed by atoms with E-state index in [1.807, 2.05) is 13.8 Å². The highest BCUT2D eigenvalue weighted by Crippen LogP contribution is 2.24. The molecule has 0 heterocycles. The lowest BCUT2D eigenvalue weighted by Crippen LogP contribution is -2.18. The predicted octanol–water partition coefficient (Wildman–Crippen LogP) is 4.89. The fraction of sp³-hybridized carbons (Fsp3) is 0.273. The molecule has 6 heteroatoms. The second-order valence-electron chi connectivity index (χ2n) is 5.56. The van der Waals surface area contributed by atoms with E-state index in [1.54, 1.807) is 60.7 Å². The topological polar surface area (TPSA) is 61.8 Å². The quantitative estimate of drug-likeness (QED) is 0.528. The summed E-state index contributed by atoms with van der Waals surface area (Å²) in [6.45, 7) is 13.0. The van der Waals surface area contributed by atoms with Crippen molar-refractivity contribution in [2.75, 3.05) is 13.2 Å². The van der Waals surface area contributed by atoms with E-state index in [-0.39, 0.29) is 11.5 Å². The van der Waals surface area contributed by atoms with E-state index in [4.69, 9.17) is 13.1 Å². The summed E-state index contributed by atoms with van der Waals surface area (Å²) in [5.41, 5.74) is 1.43. The Morgan fingerprint density at radius 1 is 0.786 bits per heavy atom. The van der Waals surface area contributed by atoms with E-state index in [0.29, 0.717) is 24.0 Å². The van der Waals surface area contributed by atoms with E-state index in [9.17, 15) is 8.42 Å². The van der Waals surface area contributed by atoms with Crippen molar-refractivity contribution in [1.82, 2.24) is 0 Å². The zero-order chi connectivity index (χ0) is 20.8. The molecule has 0 spiro atoms. The van der Waals surface area contributed by atoms with E-state index in [1.165, 1.54) is 0 Å². The Morgan fingerprint density at radius 3 is 1.50 bits per heavy atom. The first-order valence-electron chi connectivity index (χ1n) is 9.06. The second-order valence-corrected chi connectivity index (χ2v) is 6.71. The highest BCUT2D eigenvalue weighted by atomic mass is 32.3.